The van der Waals surface area contributed by atoms with Crippen molar-refractivity contribution in [2.45, 2.75) is 37.9 Å². The second-order valence-corrected chi connectivity index (χ2v) is 11.6. The van der Waals surface area contributed by atoms with Gasteiger partial charge in [0, 0.05) is 19.5 Å². The van der Waals surface area contributed by atoms with E-state index in [9.17, 15) is 0 Å². The number of hydrogen-bond acceptors (Lipinski definition) is 4. The molecule has 1 fully saturated rings. The average Bonchev–Trinajstić information content (AvgIpc) is 3.72. The molecular weight excluding hydrogens is 491 g/mol. The quantitative estimate of drug-likeness (QED) is 0.206. The molecule has 0 bridgehead atoms. The van der Waals surface area contributed by atoms with Crippen LogP contribution in [0.2, 0.25) is 0 Å². The van der Waals surface area contributed by atoms with Gasteiger partial charge < -0.3 is 9.31 Å². The first-order valence-electron chi connectivity index (χ1n) is 12.9. The van der Waals surface area contributed by atoms with Gasteiger partial charge in [0.25, 0.3) is 0 Å². The molecule has 0 saturated carbocycles. The Balaban J connectivity index is 1.73. The van der Waals surface area contributed by atoms with Gasteiger partial charge in [0.15, 0.2) is 11.2 Å². The van der Waals surface area contributed by atoms with Crippen LogP contribution in [0.15, 0.2) is 115 Å². The van der Waals surface area contributed by atoms with Crippen LogP contribution in [0, 0.1) is 0 Å². The zero-order chi connectivity index (χ0) is 25.3. The number of thiophene rings is 2. The monoisotopic (exact) mass is 520 g/mol. The SMILES string of the molecule is CCc1ccc([C@@]2(c3ccccc3)OB(c3ccccc3)O[C@]2(c2ccccc2)c2ccc(CC)s2)s1. The van der Waals surface area contributed by atoms with Gasteiger partial charge >= 0.3 is 7.12 Å². The highest BCUT2D eigenvalue weighted by molar-refractivity contribution is 7.12. The summed E-state index contributed by atoms with van der Waals surface area (Å²) in [6.45, 7) is 4.42. The van der Waals surface area contributed by atoms with Crippen molar-refractivity contribution in [3.63, 3.8) is 0 Å². The summed E-state index contributed by atoms with van der Waals surface area (Å²) in [7, 11) is -0.541. The molecule has 0 aliphatic carbocycles. The summed E-state index contributed by atoms with van der Waals surface area (Å²) in [5.41, 5.74) is 1.43. The van der Waals surface area contributed by atoms with Gasteiger partial charge in [-0.25, -0.2) is 0 Å². The van der Waals surface area contributed by atoms with Crippen molar-refractivity contribution in [2.24, 2.45) is 0 Å². The maximum absolute atomic E-state index is 7.33. The van der Waals surface area contributed by atoms with E-state index >= 15 is 0 Å². The largest absolute Gasteiger partial charge is 0.495 e. The summed E-state index contributed by atoms with van der Waals surface area (Å²) in [6.07, 6.45) is 1.96. The van der Waals surface area contributed by atoms with Gasteiger partial charge in [-0.3, -0.25) is 0 Å². The molecule has 1 aliphatic heterocycles. The van der Waals surface area contributed by atoms with Crippen LogP contribution >= 0.6 is 22.7 Å². The van der Waals surface area contributed by atoms with E-state index < -0.39 is 18.3 Å². The van der Waals surface area contributed by atoms with Crippen molar-refractivity contribution >= 4 is 35.3 Å². The Kier molecular flexibility index (Phi) is 6.64. The minimum Gasteiger partial charge on any atom is -0.389 e. The number of hydrogen-bond donors (Lipinski definition) is 0. The van der Waals surface area contributed by atoms with Gasteiger partial charge in [-0.05, 0) is 53.7 Å². The molecule has 0 amide bonds. The van der Waals surface area contributed by atoms with Crippen LogP contribution < -0.4 is 5.46 Å². The molecule has 0 radical (unpaired) electrons. The molecule has 1 saturated heterocycles. The molecule has 2 aromatic heterocycles. The summed E-state index contributed by atoms with van der Waals surface area (Å²) in [5, 5.41) is 0. The fourth-order valence-electron chi connectivity index (χ4n) is 5.41. The average molecular weight is 521 g/mol. The minimum atomic E-state index is -0.885. The van der Waals surface area contributed by atoms with Crippen LogP contribution in [0.5, 0.6) is 0 Å². The van der Waals surface area contributed by atoms with Crippen molar-refractivity contribution in [3.05, 3.63) is 146 Å². The lowest BCUT2D eigenvalue weighted by Gasteiger charge is -2.44. The molecule has 0 spiro atoms. The van der Waals surface area contributed by atoms with Crippen LogP contribution in [-0.4, -0.2) is 7.12 Å². The summed E-state index contributed by atoms with van der Waals surface area (Å²) in [4.78, 5) is 4.98. The molecule has 3 aromatic carbocycles. The van der Waals surface area contributed by atoms with Crippen molar-refractivity contribution in [1.82, 2.24) is 0 Å². The second kappa shape index (κ2) is 10.1. The van der Waals surface area contributed by atoms with Gasteiger partial charge in [0.1, 0.15) is 0 Å². The van der Waals surface area contributed by atoms with E-state index in [2.05, 4.69) is 123 Å². The number of aryl methyl sites for hydroxylation is 2. The molecule has 0 unspecified atom stereocenters. The Hall–Kier alpha value is -2.96. The van der Waals surface area contributed by atoms with Gasteiger partial charge in [-0.2, -0.15) is 0 Å². The standard InChI is InChI=1S/C32H29BO2S2/c1-3-27-20-22-29(36-27)31(24-14-8-5-9-15-24)32(25-16-10-6-11-17-25,30-23-21-28(4-2)37-30)35-33(34-31)26-18-12-7-13-19-26/h5-23H,3-4H2,1-2H3/t31-,32-/m1/s1. The van der Waals surface area contributed by atoms with Gasteiger partial charge in [0.05, 0.1) is 0 Å². The summed E-state index contributed by atoms with van der Waals surface area (Å²) in [5.74, 6) is 0. The van der Waals surface area contributed by atoms with Crippen LogP contribution in [0.4, 0.5) is 0 Å². The van der Waals surface area contributed by atoms with E-state index in [-0.39, 0.29) is 0 Å². The molecule has 5 heteroatoms. The van der Waals surface area contributed by atoms with Crippen LogP contribution in [-0.2, 0) is 33.4 Å². The molecule has 3 heterocycles. The Labute approximate surface area is 227 Å². The molecule has 5 aromatic rings. The second-order valence-electron chi connectivity index (χ2n) is 9.31. The molecule has 0 N–H and O–H groups in total. The van der Waals surface area contributed by atoms with Crippen molar-refractivity contribution < 1.29 is 9.31 Å². The highest BCUT2D eigenvalue weighted by Gasteiger charge is 2.67. The van der Waals surface area contributed by atoms with E-state index in [1.54, 1.807) is 0 Å². The summed E-state index contributed by atoms with van der Waals surface area (Å²) >= 11 is 3.65. The summed E-state index contributed by atoms with van der Waals surface area (Å²) in [6, 6.07) is 40.6. The van der Waals surface area contributed by atoms with Crippen molar-refractivity contribution in [1.29, 1.82) is 0 Å². The van der Waals surface area contributed by atoms with E-state index in [1.165, 1.54) is 9.75 Å². The smallest absolute Gasteiger partial charge is 0.389 e. The Morgan fingerprint density at radius 1 is 0.541 bits per heavy atom. The van der Waals surface area contributed by atoms with Gasteiger partial charge in [-0.15, -0.1) is 22.7 Å². The zero-order valence-electron chi connectivity index (χ0n) is 21.1. The highest BCUT2D eigenvalue weighted by Crippen LogP contribution is 2.61. The van der Waals surface area contributed by atoms with E-state index in [0.29, 0.717) is 0 Å². The highest BCUT2D eigenvalue weighted by atomic mass is 32.1. The maximum Gasteiger partial charge on any atom is 0.495 e. The first kappa shape index (κ1) is 24.4. The minimum absolute atomic E-state index is 0.541. The molecule has 184 valence electrons. The third-order valence-corrected chi connectivity index (χ3v) is 9.87. The van der Waals surface area contributed by atoms with Crippen molar-refractivity contribution in [2.75, 3.05) is 0 Å². The fraction of sp³-hybridized carbons (Fsp3) is 0.188. The Morgan fingerprint density at radius 3 is 1.32 bits per heavy atom. The van der Waals surface area contributed by atoms with Crippen LogP contribution in [0.3, 0.4) is 0 Å². The van der Waals surface area contributed by atoms with Gasteiger partial charge in [0.2, 0.25) is 0 Å². The molecule has 2 atom stereocenters. The first-order chi connectivity index (χ1) is 18.2. The van der Waals surface area contributed by atoms with E-state index in [4.69, 9.17) is 9.31 Å². The predicted molar refractivity (Wildman–Crippen MR) is 156 cm³/mol. The lowest BCUT2D eigenvalue weighted by Crippen LogP contribution is -2.48. The summed E-state index contributed by atoms with van der Waals surface area (Å²) < 4.78 is 14.7. The first-order valence-corrected chi connectivity index (χ1v) is 14.5. The topological polar surface area (TPSA) is 18.5 Å². The van der Waals surface area contributed by atoms with Crippen LogP contribution in [0.25, 0.3) is 0 Å². The molecule has 37 heavy (non-hydrogen) atoms. The fourth-order valence-corrected chi connectivity index (χ4v) is 7.71. The van der Waals surface area contributed by atoms with E-state index in [0.717, 1.165) is 39.2 Å². The van der Waals surface area contributed by atoms with Crippen LogP contribution in [0.1, 0.15) is 44.5 Å². The maximum atomic E-state index is 7.33. The normalized spacial score (nSPS) is 21.4. The zero-order valence-corrected chi connectivity index (χ0v) is 22.7. The number of benzene rings is 3. The Morgan fingerprint density at radius 2 is 0.946 bits per heavy atom. The predicted octanol–water partition coefficient (Wildman–Crippen LogP) is 7.56. The third-order valence-electron chi connectivity index (χ3n) is 7.21. The molecule has 2 nitrogen and oxygen atoms in total. The third kappa shape index (κ3) is 3.93. The lowest BCUT2D eigenvalue weighted by atomic mass is 9.71. The molecule has 1 aliphatic rings. The van der Waals surface area contributed by atoms with Crippen molar-refractivity contribution in [3.8, 4) is 0 Å². The Bertz CT molecular complexity index is 1370. The molecule has 6 rings (SSSR count). The number of rotatable bonds is 7. The van der Waals surface area contributed by atoms with Gasteiger partial charge in [-0.1, -0.05) is 105 Å². The lowest BCUT2D eigenvalue weighted by molar-refractivity contribution is 0.00928. The molecular formula is C32H29BO2S2. The van der Waals surface area contributed by atoms with E-state index in [1.807, 2.05) is 28.7 Å².